The number of alkyl halides is 2. The van der Waals surface area contributed by atoms with E-state index in [2.05, 4.69) is 10.3 Å². The first-order chi connectivity index (χ1) is 7.30. The van der Waals surface area contributed by atoms with Gasteiger partial charge in [-0.1, -0.05) is 0 Å². The van der Waals surface area contributed by atoms with Crippen LogP contribution in [0.25, 0.3) is 0 Å². The lowest BCUT2D eigenvalue weighted by Crippen LogP contribution is -2.23. The molecule has 7 heteroatoms. The van der Waals surface area contributed by atoms with Crippen LogP contribution < -0.4 is 5.32 Å². The third-order valence-corrected chi connectivity index (χ3v) is 2.89. The highest BCUT2D eigenvalue weighted by molar-refractivity contribution is 7.90. The molecule has 0 saturated carbocycles. The molecule has 1 aromatic heterocycles. The Balaban J connectivity index is 2.80. The maximum absolute atomic E-state index is 12.2. The molecule has 1 unspecified atom stereocenters. The minimum Gasteiger partial charge on any atom is -0.376 e. The van der Waals surface area contributed by atoms with E-state index in [1.165, 1.54) is 25.3 Å². The van der Waals surface area contributed by atoms with Crippen LogP contribution in [0.4, 0.5) is 14.5 Å². The lowest BCUT2D eigenvalue weighted by molar-refractivity contribution is 0.130. The Kier molecular flexibility index (Phi) is 3.79. The van der Waals surface area contributed by atoms with Crippen LogP contribution in [0.3, 0.4) is 0 Å². The zero-order valence-corrected chi connectivity index (χ0v) is 9.63. The minimum atomic E-state index is -3.35. The van der Waals surface area contributed by atoms with Crippen molar-refractivity contribution in [2.24, 2.45) is 0 Å². The van der Waals surface area contributed by atoms with Crippen molar-refractivity contribution in [2.75, 3.05) is 11.6 Å². The molecule has 1 aromatic rings. The van der Waals surface area contributed by atoms with Gasteiger partial charge in [-0.2, -0.15) is 0 Å². The van der Waals surface area contributed by atoms with Gasteiger partial charge in [-0.15, -0.1) is 0 Å². The number of anilines is 1. The van der Waals surface area contributed by atoms with Crippen molar-refractivity contribution in [2.45, 2.75) is 24.4 Å². The van der Waals surface area contributed by atoms with E-state index in [1.807, 2.05) is 0 Å². The molecule has 1 atom stereocenters. The average Bonchev–Trinajstić information content (AvgIpc) is 2.17. The number of hydrogen-bond acceptors (Lipinski definition) is 4. The molecular weight excluding hydrogens is 238 g/mol. The molecule has 4 nitrogen and oxygen atoms in total. The number of hydrogen-bond donors (Lipinski definition) is 1. The summed E-state index contributed by atoms with van der Waals surface area (Å²) in [5, 5.41) is 2.43. The zero-order chi connectivity index (χ0) is 12.3. The van der Waals surface area contributed by atoms with Gasteiger partial charge in [0, 0.05) is 6.26 Å². The van der Waals surface area contributed by atoms with Crippen molar-refractivity contribution in [1.82, 2.24) is 4.98 Å². The fourth-order valence-electron chi connectivity index (χ4n) is 1.01. The molecule has 0 fully saturated rings. The van der Waals surface area contributed by atoms with Gasteiger partial charge in [0.15, 0.2) is 14.9 Å². The van der Waals surface area contributed by atoms with E-state index in [0.29, 0.717) is 5.69 Å². The number of sulfone groups is 1. The van der Waals surface area contributed by atoms with Crippen LogP contribution in [0.5, 0.6) is 0 Å². The van der Waals surface area contributed by atoms with Crippen LogP contribution in [-0.4, -0.2) is 32.1 Å². The average molecular weight is 250 g/mol. The highest BCUT2D eigenvalue weighted by Crippen LogP contribution is 2.13. The molecule has 0 saturated heterocycles. The Morgan fingerprint density at radius 2 is 2.00 bits per heavy atom. The van der Waals surface area contributed by atoms with Gasteiger partial charge < -0.3 is 5.32 Å². The Labute approximate surface area is 92.6 Å². The van der Waals surface area contributed by atoms with E-state index in [9.17, 15) is 17.2 Å². The summed E-state index contributed by atoms with van der Waals surface area (Å²) in [5.74, 6) is 0. The predicted octanol–water partition coefficient (Wildman–Crippen LogP) is 1.55. The van der Waals surface area contributed by atoms with Crippen molar-refractivity contribution in [3.05, 3.63) is 18.3 Å². The standard InChI is InChI=1S/C9H12F2N2O2S/c1-6(9(10)11)13-7-3-4-8(12-5-7)16(2,14)15/h3-6,9,13H,1-2H3. The number of nitrogens with one attached hydrogen (secondary N) is 1. The molecule has 0 amide bonds. The van der Waals surface area contributed by atoms with Gasteiger partial charge in [-0.25, -0.2) is 22.2 Å². The van der Waals surface area contributed by atoms with E-state index in [4.69, 9.17) is 0 Å². The van der Waals surface area contributed by atoms with E-state index < -0.39 is 22.3 Å². The summed E-state index contributed by atoms with van der Waals surface area (Å²) in [6, 6.07) is 1.67. The maximum Gasteiger partial charge on any atom is 0.258 e. The van der Waals surface area contributed by atoms with E-state index in [-0.39, 0.29) is 5.03 Å². The van der Waals surface area contributed by atoms with Crippen LogP contribution in [0.2, 0.25) is 0 Å². The molecular formula is C9H12F2N2O2S. The van der Waals surface area contributed by atoms with Gasteiger partial charge in [0.1, 0.15) is 0 Å². The quantitative estimate of drug-likeness (QED) is 0.880. The molecule has 0 radical (unpaired) electrons. The molecule has 16 heavy (non-hydrogen) atoms. The lowest BCUT2D eigenvalue weighted by Gasteiger charge is -2.13. The first-order valence-corrected chi connectivity index (χ1v) is 6.40. The molecule has 0 spiro atoms. The van der Waals surface area contributed by atoms with Crippen molar-refractivity contribution >= 4 is 15.5 Å². The second-order valence-corrected chi connectivity index (χ2v) is 5.39. The largest absolute Gasteiger partial charge is 0.376 e. The summed E-state index contributed by atoms with van der Waals surface area (Å²) < 4.78 is 46.6. The van der Waals surface area contributed by atoms with Crippen LogP contribution in [0, 0.1) is 0 Å². The van der Waals surface area contributed by atoms with Gasteiger partial charge in [0.05, 0.1) is 17.9 Å². The number of pyridine rings is 1. The Morgan fingerprint density at radius 1 is 1.38 bits per heavy atom. The monoisotopic (exact) mass is 250 g/mol. The summed E-state index contributed by atoms with van der Waals surface area (Å²) >= 11 is 0. The van der Waals surface area contributed by atoms with Gasteiger partial charge >= 0.3 is 0 Å². The Morgan fingerprint density at radius 3 is 2.38 bits per heavy atom. The number of halogens is 2. The van der Waals surface area contributed by atoms with E-state index in [0.717, 1.165) is 6.26 Å². The molecule has 0 aromatic carbocycles. The second-order valence-electron chi connectivity index (χ2n) is 3.42. The van der Waals surface area contributed by atoms with Crippen LogP contribution in [-0.2, 0) is 9.84 Å². The highest BCUT2D eigenvalue weighted by atomic mass is 32.2. The predicted molar refractivity (Wildman–Crippen MR) is 56.4 cm³/mol. The van der Waals surface area contributed by atoms with Crippen LogP contribution in [0.15, 0.2) is 23.4 Å². The highest BCUT2D eigenvalue weighted by Gasteiger charge is 2.14. The van der Waals surface area contributed by atoms with Crippen molar-refractivity contribution in [3.8, 4) is 0 Å². The summed E-state index contributed by atoms with van der Waals surface area (Å²) in [6.45, 7) is 1.33. The Bertz CT molecular complexity index is 445. The smallest absolute Gasteiger partial charge is 0.258 e. The van der Waals surface area contributed by atoms with Gasteiger partial charge in [0.2, 0.25) is 0 Å². The second kappa shape index (κ2) is 4.73. The van der Waals surface area contributed by atoms with Gasteiger partial charge in [0.25, 0.3) is 6.43 Å². The number of rotatable bonds is 4. The molecule has 0 aliphatic rings. The third kappa shape index (κ3) is 3.41. The SMILES string of the molecule is CC(Nc1ccc(S(C)(=O)=O)nc1)C(F)F. The number of aromatic nitrogens is 1. The molecule has 1 N–H and O–H groups in total. The van der Waals surface area contributed by atoms with Crippen molar-refractivity contribution < 1.29 is 17.2 Å². The first-order valence-electron chi connectivity index (χ1n) is 4.51. The summed E-state index contributed by atoms with van der Waals surface area (Å²) in [6.07, 6.45) is -0.242. The van der Waals surface area contributed by atoms with Crippen molar-refractivity contribution in [3.63, 3.8) is 0 Å². The molecule has 90 valence electrons. The molecule has 0 aliphatic heterocycles. The summed E-state index contributed by atoms with van der Waals surface area (Å²) in [4.78, 5) is 3.67. The third-order valence-electron chi connectivity index (χ3n) is 1.89. The maximum atomic E-state index is 12.2. The summed E-state index contributed by atoms with van der Waals surface area (Å²) in [5.41, 5.74) is 0.361. The molecule has 0 bridgehead atoms. The fraction of sp³-hybridized carbons (Fsp3) is 0.444. The van der Waals surface area contributed by atoms with E-state index in [1.54, 1.807) is 0 Å². The van der Waals surface area contributed by atoms with Crippen LogP contribution in [0.1, 0.15) is 6.92 Å². The number of nitrogens with zero attached hydrogens (tertiary/aromatic N) is 1. The Hall–Kier alpha value is -1.24. The van der Waals surface area contributed by atoms with Crippen LogP contribution >= 0.6 is 0 Å². The van der Waals surface area contributed by atoms with E-state index >= 15 is 0 Å². The van der Waals surface area contributed by atoms with Gasteiger partial charge in [-0.05, 0) is 19.1 Å². The molecule has 1 heterocycles. The lowest BCUT2D eigenvalue weighted by atomic mass is 10.3. The minimum absolute atomic E-state index is 0.0808. The topological polar surface area (TPSA) is 59.1 Å². The van der Waals surface area contributed by atoms with Gasteiger partial charge in [-0.3, -0.25) is 0 Å². The fourth-order valence-corrected chi connectivity index (χ4v) is 1.57. The zero-order valence-electron chi connectivity index (χ0n) is 8.81. The van der Waals surface area contributed by atoms with Crippen molar-refractivity contribution in [1.29, 1.82) is 0 Å². The molecule has 1 rings (SSSR count). The molecule has 0 aliphatic carbocycles. The first kappa shape index (κ1) is 12.8. The summed E-state index contributed by atoms with van der Waals surface area (Å²) in [7, 11) is -3.35. The normalized spacial score (nSPS) is 13.8.